The minimum atomic E-state index is -0.479. The van der Waals surface area contributed by atoms with E-state index in [0.717, 1.165) is 44.1 Å². The third kappa shape index (κ3) is 2.88. The Morgan fingerprint density at radius 1 is 1.15 bits per heavy atom. The van der Waals surface area contributed by atoms with E-state index in [2.05, 4.69) is 51.0 Å². The molecule has 0 unspecified atom stereocenters. The lowest BCUT2D eigenvalue weighted by atomic mass is 9.53. The van der Waals surface area contributed by atoms with Gasteiger partial charge in [-0.25, -0.2) is 0 Å². The molecule has 0 heterocycles. The van der Waals surface area contributed by atoms with Gasteiger partial charge in [0.05, 0.1) is 5.60 Å². The van der Waals surface area contributed by atoms with Crippen LogP contribution in [0.25, 0.3) is 0 Å². The molecule has 1 aromatic carbocycles. The molecule has 3 aliphatic carbocycles. The zero-order valence-corrected chi connectivity index (χ0v) is 16.9. The lowest BCUT2D eigenvalue weighted by molar-refractivity contribution is -0.0901. The SMILES string of the molecule is CN(C)CCOc1ccc2c(c1)CC[C@@H]1[C@@H]2CC[C@@]2(C)[C@H]1CC[C@@]2(C)O. The van der Waals surface area contributed by atoms with Gasteiger partial charge < -0.3 is 14.7 Å². The highest BCUT2D eigenvalue weighted by atomic mass is 16.5. The maximum Gasteiger partial charge on any atom is 0.119 e. The Morgan fingerprint density at radius 2 is 1.96 bits per heavy atom. The summed E-state index contributed by atoms with van der Waals surface area (Å²) in [4.78, 5) is 2.15. The average Bonchev–Trinajstić information content (AvgIpc) is 2.84. The molecule has 0 spiro atoms. The van der Waals surface area contributed by atoms with E-state index in [1.165, 1.54) is 24.8 Å². The number of rotatable bonds is 4. The molecule has 2 saturated carbocycles. The fraction of sp³-hybridized carbons (Fsp3) is 0.739. The summed E-state index contributed by atoms with van der Waals surface area (Å²) in [6.45, 7) is 6.13. The molecule has 0 aromatic heterocycles. The summed E-state index contributed by atoms with van der Waals surface area (Å²) in [5.41, 5.74) is 2.70. The van der Waals surface area contributed by atoms with Gasteiger partial charge in [-0.05, 0) is 106 Å². The molecular formula is C23H35NO2. The number of nitrogens with zero attached hydrogens (tertiary/aromatic N) is 1. The van der Waals surface area contributed by atoms with Crippen molar-refractivity contribution in [3.8, 4) is 5.75 Å². The quantitative estimate of drug-likeness (QED) is 0.875. The lowest BCUT2D eigenvalue weighted by Gasteiger charge is -2.52. The Hall–Kier alpha value is -1.06. The largest absolute Gasteiger partial charge is 0.492 e. The van der Waals surface area contributed by atoms with Crippen molar-refractivity contribution in [1.29, 1.82) is 0 Å². The van der Waals surface area contributed by atoms with Crippen LogP contribution in [0.3, 0.4) is 0 Å². The molecule has 5 atom stereocenters. The summed E-state index contributed by atoms with van der Waals surface area (Å²) in [6.07, 6.45) is 6.99. The summed E-state index contributed by atoms with van der Waals surface area (Å²) >= 11 is 0. The topological polar surface area (TPSA) is 32.7 Å². The highest BCUT2D eigenvalue weighted by molar-refractivity contribution is 5.41. The van der Waals surface area contributed by atoms with Crippen LogP contribution in [0.15, 0.2) is 18.2 Å². The van der Waals surface area contributed by atoms with Gasteiger partial charge in [0.25, 0.3) is 0 Å². The van der Waals surface area contributed by atoms with E-state index < -0.39 is 5.60 Å². The van der Waals surface area contributed by atoms with Crippen LogP contribution in [-0.2, 0) is 6.42 Å². The third-order valence-corrected chi connectivity index (χ3v) is 8.07. The zero-order valence-electron chi connectivity index (χ0n) is 16.9. The van der Waals surface area contributed by atoms with E-state index in [1.807, 2.05) is 0 Å². The number of fused-ring (bicyclic) bond motifs is 5. The van der Waals surface area contributed by atoms with Crippen molar-refractivity contribution in [2.24, 2.45) is 17.3 Å². The fourth-order valence-electron chi connectivity index (χ4n) is 6.24. The minimum Gasteiger partial charge on any atom is -0.492 e. The second-order valence-corrected chi connectivity index (χ2v) is 9.70. The van der Waals surface area contributed by atoms with Crippen molar-refractivity contribution in [2.75, 3.05) is 27.2 Å². The van der Waals surface area contributed by atoms with Crippen LogP contribution in [0.1, 0.15) is 63.0 Å². The van der Waals surface area contributed by atoms with E-state index in [0.29, 0.717) is 11.8 Å². The first-order chi connectivity index (χ1) is 12.3. The Morgan fingerprint density at radius 3 is 2.73 bits per heavy atom. The number of likely N-dealkylation sites (N-methyl/N-ethyl adjacent to an activating group) is 1. The smallest absolute Gasteiger partial charge is 0.119 e. The molecule has 1 aromatic rings. The van der Waals surface area contributed by atoms with Crippen LogP contribution >= 0.6 is 0 Å². The minimum absolute atomic E-state index is 0.112. The maximum atomic E-state index is 11.0. The Balaban J connectivity index is 1.52. The highest BCUT2D eigenvalue weighted by Gasteiger charge is 2.59. The van der Waals surface area contributed by atoms with Crippen molar-refractivity contribution in [3.05, 3.63) is 29.3 Å². The molecule has 0 amide bonds. The molecule has 0 aliphatic heterocycles. The van der Waals surface area contributed by atoms with Gasteiger partial charge in [0.2, 0.25) is 0 Å². The normalized spacial score (nSPS) is 38.6. The number of aliphatic hydroxyl groups is 1. The predicted octanol–water partition coefficient (Wildman–Crippen LogP) is 4.23. The van der Waals surface area contributed by atoms with E-state index in [4.69, 9.17) is 4.74 Å². The third-order valence-electron chi connectivity index (χ3n) is 8.07. The van der Waals surface area contributed by atoms with E-state index >= 15 is 0 Å². The Labute approximate surface area is 158 Å². The van der Waals surface area contributed by atoms with Crippen molar-refractivity contribution >= 4 is 0 Å². The van der Waals surface area contributed by atoms with Crippen LogP contribution in [0.4, 0.5) is 0 Å². The van der Waals surface area contributed by atoms with Crippen molar-refractivity contribution in [1.82, 2.24) is 4.90 Å². The molecular weight excluding hydrogens is 322 g/mol. The van der Waals surface area contributed by atoms with Crippen LogP contribution in [0.2, 0.25) is 0 Å². The molecule has 3 heteroatoms. The van der Waals surface area contributed by atoms with Gasteiger partial charge >= 0.3 is 0 Å². The first-order valence-electron chi connectivity index (χ1n) is 10.4. The molecule has 26 heavy (non-hydrogen) atoms. The fourth-order valence-corrected chi connectivity index (χ4v) is 6.24. The second-order valence-electron chi connectivity index (χ2n) is 9.70. The molecule has 0 radical (unpaired) electrons. The van der Waals surface area contributed by atoms with Gasteiger partial charge in [0.1, 0.15) is 12.4 Å². The van der Waals surface area contributed by atoms with Crippen LogP contribution in [0, 0.1) is 17.3 Å². The van der Waals surface area contributed by atoms with Gasteiger partial charge in [-0.2, -0.15) is 0 Å². The Bertz CT molecular complexity index is 668. The van der Waals surface area contributed by atoms with Crippen LogP contribution < -0.4 is 4.74 Å². The maximum absolute atomic E-state index is 11.0. The van der Waals surface area contributed by atoms with Gasteiger partial charge in [-0.1, -0.05) is 13.0 Å². The molecule has 0 saturated heterocycles. The molecule has 1 N–H and O–H groups in total. The molecule has 0 bridgehead atoms. The monoisotopic (exact) mass is 357 g/mol. The molecule has 2 fully saturated rings. The molecule has 144 valence electrons. The number of benzene rings is 1. The highest BCUT2D eigenvalue weighted by Crippen LogP contribution is 2.64. The number of hydrogen-bond donors (Lipinski definition) is 1. The predicted molar refractivity (Wildman–Crippen MR) is 106 cm³/mol. The number of hydrogen-bond acceptors (Lipinski definition) is 3. The van der Waals surface area contributed by atoms with E-state index in [9.17, 15) is 5.11 Å². The van der Waals surface area contributed by atoms with Gasteiger partial charge in [0.15, 0.2) is 0 Å². The Kier molecular flexibility index (Phi) is 4.60. The molecule has 3 aliphatic rings. The summed E-state index contributed by atoms with van der Waals surface area (Å²) in [5.74, 6) is 3.13. The average molecular weight is 358 g/mol. The standard InChI is InChI=1S/C23H35NO2/c1-22-11-9-19-18-8-6-17(26-14-13-24(3)4)15-16(18)5-7-20(19)21(22)10-12-23(22,2)25/h6,8,15,19-21,25H,5,7,9-14H2,1-4H3/t19-,20-,21+,22+,23-/m1/s1. The lowest BCUT2D eigenvalue weighted by Crippen LogP contribution is -2.49. The first-order valence-corrected chi connectivity index (χ1v) is 10.4. The number of ether oxygens (including phenoxy) is 1. The van der Waals surface area contributed by atoms with E-state index in [-0.39, 0.29) is 5.41 Å². The second kappa shape index (κ2) is 6.53. The van der Waals surface area contributed by atoms with Crippen LogP contribution in [-0.4, -0.2) is 42.9 Å². The summed E-state index contributed by atoms with van der Waals surface area (Å²) in [7, 11) is 4.15. The molecule has 3 nitrogen and oxygen atoms in total. The molecule has 4 rings (SSSR count). The van der Waals surface area contributed by atoms with Crippen molar-refractivity contribution < 1.29 is 9.84 Å². The zero-order chi connectivity index (χ0) is 18.5. The van der Waals surface area contributed by atoms with E-state index in [1.54, 1.807) is 5.56 Å². The van der Waals surface area contributed by atoms with Crippen molar-refractivity contribution in [2.45, 2.75) is 63.9 Å². The summed E-state index contributed by atoms with van der Waals surface area (Å²) < 4.78 is 5.96. The first kappa shape index (κ1) is 18.3. The van der Waals surface area contributed by atoms with Crippen molar-refractivity contribution in [3.63, 3.8) is 0 Å². The van der Waals surface area contributed by atoms with Gasteiger partial charge in [-0.15, -0.1) is 0 Å². The summed E-state index contributed by atoms with van der Waals surface area (Å²) in [5, 5.41) is 11.0. The van der Waals surface area contributed by atoms with Gasteiger partial charge in [0, 0.05) is 6.54 Å². The summed E-state index contributed by atoms with van der Waals surface area (Å²) in [6, 6.07) is 6.81. The number of aryl methyl sites for hydroxylation is 1. The van der Waals surface area contributed by atoms with Gasteiger partial charge in [-0.3, -0.25) is 0 Å². The van der Waals surface area contributed by atoms with Crippen LogP contribution in [0.5, 0.6) is 5.75 Å².